The normalized spacial score (nSPS) is 12.2. The molecule has 0 aliphatic heterocycles. The third-order valence-corrected chi connectivity index (χ3v) is 2.55. The van der Waals surface area contributed by atoms with Gasteiger partial charge in [-0.3, -0.25) is 4.79 Å². The third-order valence-electron chi connectivity index (χ3n) is 2.55. The van der Waals surface area contributed by atoms with Gasteiger partial charge in [-0.2, -0.15) is 0 Å². The van der Waals surface area contributed by atoms with Crippen LogP contribution in [0.3, 0.4) is 0 Å². The predicted octanol–water partition coefficient (Wildman–Crippen LogP) is 1.36. The zero-order valence-electron chi connectivity index (χ0n) is 9.67. The Bertz CT molecular complexity index is 396. The molecule has 0 radical (unpaired) electrons. The van der Waals surface area contributed by atoms with Gasteiger partial charge in [-0.1, -0.05) is 6.07 Å². The molecule has 1 amide bonds. The monoisotopic (exact) mass is 242 g/mol. The maximum absolute atomic E-state index is 12.9. The largest absolute Gasteiger partial charge is 0.358 e. The average molecular weight is 242 g/mol. The standard InChI is InChI=1S/C12H16F2N2O/c1-16-12(17)11(15)4-2-3-8-5-6-9(13)10(14)7-8/h5-7,11H,2-4,15H2,1H3,(H,16,17). The minimum atomic E-state index is -0.851. The van der Waals surface area contributed by atoms with E-state index in [4.69, 9.17) is 5.73 Å². The number of halogens is 2. The minimum Gasteiger partial charge on any atom is -0.358 e. The topological polar surface area (TPSA) is 55.1 Å². The summed E-state index contributed by atoms with van der Waals surface area (Å²) in [5.41, 5.74) is 6.30. The fourth-order valence-electron chi connectivity index (χ4n) is 1.54. The summed E-state index contributed by atoms with van der Waals surface area (Å²) in [5.74, 6) is -1.91. The Balaban J connectivity index is 2.40. The average Bonchev–Trinajstić information content (AvgIpc) is 2.32. The first-order valence-electron chi connectivity index (χ1n) is 5.45. The first-order valence-corrected chi connectivity index (χ1v) is 5.45. The van der Waals surface area contributed by atoms with Crippen LogP contribution in [0.5, 0.6) is 0 Å². The number of aryl methyl sites for hydroxylation is 1. The van der Waals surface area contributed by atoms with Crippen LogP contribution in [0, 0.1) is 11.6 Å². The van der Waals surface area contributed by atoms with Gasteiger partial charge in [0.15, 0.2) is 11.6 Å². The Morgan fingerprint density at radius 2 is 2.12 bits per heavy atom. The van der Waals surface area contributed by atoms with Crippen LogP contribution in [0.25, 0.3) is 0 Å². The first kappa shape index (κ1) is 13.6. The van der Waals surface area contributed by atoms with Crippen LogP contribution in [0.2, 0.25) is 0 Å². The van der Waals surface area contributed by atoms with E-state index in [2.05, 4.69) is 5.32 Å². The molecule has 0 aromatic heterocycles. The fourth-order valence-corrected chi connectivity index (χ4v) is 1.54. The summed E-state index contributed by atoms with van der Waals surface area (Å²) < 4.78 is 25.5. The molecule has 0 bridgehead atoms. The lowest BCUT2D eigenvalue weighted by molar-refractivity contribution is -0.122. The lowest BCUT2D eigenvalue weighted by atomic mass is 10.0. The van der Waals surface area contributed by atoms with Crippen molar-refractivity contribution < 1.29 is 13.6 Å². The quantitative estimate of drug-likeness (QED) is 0.819. The number of carbonyl (C=O) groups excluding carboxylic acids is 1. The van der Waals surface area contributed by atoms with Gasteiger partial charge in [0.2, 0.25) is 5.91 Å². The van der Waals surface area contributed by atoms with Gasteiger partial charge in [-0.25, -0.2) is 8.78 Å². The van der Waals surface area contributed by atoms with Crippen LogP contribution in [-0.2, 0) is 11.2 Å². The van der Waals surface area contributed by atoms with Crippen LogP contribution in [-0.4, -0.2) is 19.0 Å². The summed E-state index contributed by atoms with van der Waals surface area (Å²) in [5, 5.41) is 2.46. The number of hydrogen-bond donors (Lipinski definition) is 2. The summed E-state index contributed by atoms with van der Waals surface area (Å²) in [6, 6.07) is 3.25. The van der Waals surface area contributed by atoms with Crippen molar-refractivity contribution in [3.63, 3.8) is 0 Å². The van der Waals surface area contributed by atoms with Crippen LogP contribution in [0.4, 0.5) is 8.78 Å². The number of benzene rings is 1. The zero-order valence-corrected chi connectivity index (χ0v) is 9.67. The lowest BCUT2D eigenvalue weighted by Gasteiger charge is -2.09. The van der Waals surface area contributed by atoms with E-state index < -0.39 is 17.7 Å². The third kappa shape index (κ3) is 4.11. The van der Waals surface area contributed by atoms with Crippen LogP contribution >= 0.6 is 0 Å². The Labute approximate surface area is 99.0 Å². The number of carbonyl (C=O) groups is 1. The molecule has 17 heavy (non-hydrogen) atoms. The molecule has 0 heterocycles. The minimum absolute atomic E-state index is 0.213. The Hall–Kier alpha value is -1.49. The van der Waals surface area contributed by atoms with Crippen molar-refractivity contribution in [2.45, 2.75) is 25.3 Å². The molecule has 1 unspecified atom stereocenters. The maximum atomic E-state index is 12.9. The first-order chi connectivity index (χ1) is 8.04. The Morgan fingerprint density at radius 1 is 1.41 bits per heavy atom. The molecule has 3 nitrogen and oxygen atoms in total. The molecule has 0 saturated heterocycles. The van der Waals surface area contributed by atoms with E-state index in [1.807, 2.05) is 0 Å². The van der Waals surface area contributed by atoms with E-state index in [0.717, 1.165) is 6.07 Å². The van der Waals surface area contributed by atoms with Crippen molar-refractivity contribution in [1.82, 2.24) is 5.32 Å². The molecule has 0 aliphatic carbocycles. The molecule has 94 valence electrons. The van der Waals surface area contributed by atoms with Crippen molar-refractivity contribution in [2.75, 3.05) is 7.05 Å². The predicted molar refractivity (Wildman–Crippen MR) is 61.3 cm³/mol. The molecular weight excluding hydrogens is 226 g/mol. The van der Waals surface area contributed by atoms with Crippen molar-refractivity contribution in [1.29, 1.82) is 0 Å². The molecule has 3 N–H and O–H groups in total. The summed E-state index contributed by atoms with van der Waals surface area (Å²) in [4.78, 5) is 11.1. The molecule has 1 rings (SSSR count). The van der Waals surface area contributed by atoms with E-state index in [-0.39, 0.29) is 5.91 Å². The SMILES string of the molecule is CNC(=O)C(N)CCCc1ccc(F)c(F)c1. The molecule has 5 heteroatoms. The summed E-state index contributed by atoms with van der Waals surface area (Å²) in [6.07, 6.45) is 1.74. The van der Waals surface area contributed by atoms with Crippen molar-refractivity contribution in [3.8, 4) is 0 Å². The van der Waals surface area contributed by atoms with E-state index in [0.29, 0.717) is 24.8 Å². The Morgan fingerprint density at radius 3 is 2.71 bits per heavy atom. The highest BCUT2D eigenvalue weighted by Crippen LogP contribution is 2.11. The Kier molecular flexibility index (Phi) is 5.03. The van der Waals surface area contributed by atoms with Gasteiger partial charge in [-0.05, 0) is 37.0 Å². The van der Waals surface area contributed by atoms with Gasteiger partial charge in [0.25, 0.3) is 0 Å². The molecular formula is C12H16F2N2O. The van der Waals surface area contributed by atoms with Gasteiger partial charge >= 0.3 is 0 Å². The highest BCUT2D eigenvalue weighted by molar-refractivity contribution is 5.81. The molecule has 1 aromatic carbocycles. The number of hydrogen-bond acceptors (Lipinski definition) is 2. The van der Waals surface area contributed by atoms with Gasteiger partial charge < -0.3 is 11.1 Å². The fraction of sp³-hybridized carbons (Fsp3) is 0.417. The van der Waals surface area contributed by atoms with Gasteiger partial charge in [0.05, 0.1) is 6.04 Å². The maximum Gasteiger partial charge on any atom is 0.236 e. The molecule has 0 spiro atoms. The number of rotatable bonds is 5. The van der Waals surface area contributed by atoms with E-state index >= 15 is 0 Å². The second kappa shape index (κ2) is 6.30. The van der Waals surface area contributed by atoms with E-state index in [1.165, 1.54) is 19.2 Å². The highest BCUT2D eigenvalue weighted by atomic mass is 19.2. The van der Waals surface area contributed by atoms with Crippen LogP contribution < -0.4 is 11.1 Å². The number of amides is 1. The molecule has 1 aromatic rings. The molecule has 0 saturated carbocycles. The van der Waals surface area contributed by atoms with E-state index in [1.54, 1.807) is 0 Å². The lowest BCUT2D eigenvalue weighted by Crippen LogP contribution is -2.38. The second-order valence-electron chi connectivity index (χ2n) is 3.86. The number of nitrogens with two attached hydrogens (primary N) is 1. The highest BCUT2D eigenvalue weighted by Gasteiger charge is 2.10. The van der Waals surface area contributed by atoms with E-state index in [9.17, 15) is 13.6 Å². The zero-order chi connectivity index (χ0) is 12.8. The molecule has 0 aliphatic rings. The van der Waals surface area contributed by atoms with Gasteiger partial charge in [-0.15, -0.1) is 0 Å². The van der Waals surface area contributed by atoms with Crippen molar-refractivity contribution in [2.24, 2.45) is 5.73 Å². The van der Waals surface area contributed by atoms with Crippen molar-refractivity contribution in [3.05, 3.63) is 35.4 Å². The van der Waals surface area contributed by atoms with Crippen molar-refractivity contribution >= 4 is 5.91 Å². The number of nitrogens with one attached hydrogen (secondary N) is 1. The number of likely N-dealkylation sites (N-methyl/N-ethyl adjacent to an activating group) is 1. The van der Waals surface area contributed by atoms with Crippen LogP contribution in [0.1, 0.15) is 18.4 Å². The van der Waals surface area contributed by atoms with Crippen LogP contribution in [0.15, 0.2) is 18.2 Å². The van der Waals surface area contributed by atoms with Gasteiger partial charge in [0, 0.05) is 7.05 Å². The summed E-state index contributed by atoms with van der Waals surface area (Å²) in [6.45, 7) is 0. The second-order valence-corrected chi connectivity index (χ2v) is 3.86. The summed E-state index contributed by atoms with van der Waals surface area (Å²) in [7, 11) is 1.53. The molecule has 1 atom stereocenters. The van der Waals surface area contributed by atoms with Gasteiger partial charge in [0.1, 0.15) is 0 Å². The smallest absolute Gasteiger partial charge is 0.236 e. The molecule has 0 fully saturated rings. The summed E-state index contributed by atoms with van der Waals surface area (Å²) >= 11 is 0.